The van der Waals surface area contributed by atoms with Gasteiger partial charge in [-0.05, 0) is 19.8 Å². The Morgan fingerprint density at radius 1 is 1.57 bits per heavy atom. The lowest BCUT2D eigenvalue weighted by molar-refractivity contribution is -0.383. The van der Waals surface area contributed by atoms with Crippen LogP contribution in [0.5, 0.6) is 0 Å². The van der Waals surface area contributed by atoms with Gasteiger partial charge in [0.15, 0.2) is 5.00 Å². The monoisotopic (exact) mass is 324 g/mol. The standard InChI is InChI=1S/C12H15F3N2O3S/c1-7(18)10-5-9(17(19)20)11(21-10)16-4-2-3-8(6-16)12(13,14)15/h5,7-8,18H,2-4,6H2,1H3/t7-,8?/m0/s1. The Morgan fingerprint density at radius 2 is 2.24 bits per heavy atom. The third kappa shape index (κ3) is 3.46. The molecule has 1 N–H and O–H groups in total. The topological polar surface area (TPSA) is 66.6 Å². The maximum absolute atomic E-state index is 12.8. The number of piperidine rings is 1. The predicted molar refractivity (Wildman–Crippen MR) is 72.6 cm³/mol. The van der Waals surface area contributed by atoms with Crippen molar-refractivity contribution >= 4 is 22.0 Å². The van der Waals surface area contributed by atoms with Crippen LogP contribution in [0.3, 0.4) is 0 Å². The Bertz CT molecular complexity index is 530. The fourth-order valence-electron chi connectivity index (χ4n) is 2.38. The van der Waals surface area contributed by atoms with Gasteiger partial charge < -0.3 is 10.0 Å². The van der Waals surface area contributed by atoms with Crippen molar-refractivity contribution < 1.29 is 23.2 Å². The summed E-state index contributed by atoms with van der Waals surface area (Å²) in [5.74, 6) is -1.47. The van der Waals surface area contributed by atoms with E-state index in [4.69, 9.17) is 0 Å². The van der Waals surface area contributed by atoms with E-state index in [1.54, 1.807) is 0 Å². The van der Waals surface area contributed by atoms with Crippen molar-refractivity contribution in [3.05, 3.63) is 21.1 Å². The van der Waals surface area contributed by atoms with Gasteiger partial charge in [-0.25, -0.2) is 0 Å². The van der Waals surface area contributed by atoms with Gasteiger partial charge in [-0.3, -0.25) is 10.1 Å². The molecule has 2 heterocycles. The van der Waals surface area contributed by atoms with Crippen molar-refractivity contribution in [1.29, 1.82) is 0 Å². The fraction of sp³-hybridized carbons (Fsp3) is 0.667. The van der Waals surface area contributed by atoms with Gasteiger partial charge in [0, 0.05) is 24.0 Å². The molecule has 1 aromatic heterocycles. The summed E-state index contributed by atoms with van der Waals surface area (Å²) in [6, 6.07) is 1.24. The van der Waals surface area contributed by atoms with Crippen LogP contribution in [0.25, 0.3) is 0 Å². The molecule has 0 amide bonds. The molecule has 2 atom stereocenters. The molecule has 1 aliphatic heterocycles. The van der Waals surface area contributed by atoms with Crippen molar-refractivity contribution in [3.8, 4) is 0 Å². The lowest BCUT2D eigenvalue weighted by Crippen LogP contribution is -2.41. The molecule has 0 aliphatic carbocycles. The second-order valence-corrected chi connectivity index (χ2v) is 6.16. The number of anilines is 1. The predicted octanol–water partition coefficient (Wildman–Crippen LogP) is 3.49. The van der Waals surface area contributed by atoms with Gasteiger partial charge in [-0.1, -0.05) is 0 Å². The Hall–Kier alpha value is -1.35. The Labute approximate surface area is 123 Å². The average Bonchev–Trinajstić information content (AvgIpc) is 2.83. The van der Waals surface area contributed by atoms with Crippen molar-refractivity contribution in [2.24, 2.45) is 5.92 Å². The van der Waals surface area contributed by atoms with E-state index >= 15 is 0 Å². The third-order valence-electron chi connectivity index (χ3n) is 3.49. The van der Waals surface area contributed by atoms with Crippen molar-refractivity contribution in [3.63, 3.8) is 0 Å². The quantitative estimate of drug-likeness (QED) is 0.683. The number of aliphatic hydroxyl groups excluding tert-OH is 1. The lowest BCUT2D eigenvalue weighted by Gasteiger charge is -2.33. The average molecular weight is 324 g/mol. The van der Waals surface area contributed by atoms with Crippen molar-refractivity contribution in [1.82, 2.24) is 0 Å². The van der Waals surface area contributed by atoms with Gasteiger partial charge in [0.05, 0.1) is 16.9 Å². The molecule has 1 saturated heterocycles. The van der Waals surface area contributed by atoms with E-state index in [0.29, 0.717) is 17.8 Å². The highest BCUT2D eigenvalue weighted by atomic mass is 32.1. The number of rotatable bonds is 3. The zero-order chi connectivity index (χ0) is 15.8. The summed E-state index contributed by atoms with van der Waals surface area (Å²) >= 11 is 0.982. The van der Waals surface area contributed by atoms with Crippen LogP contribution < -0.4 is 4.90 Å². The van der Waals surface area contributed by atoms with Crippen LogP contribution in [0.4, 0.5) is 23.9 Å². The number of thiophene rings is 1. The molecule has 0 saturated carbocycles. The molecule has 1 unspecified atom stereocenters. The third-order valence-corrected chi connectivity index (χ3v) is 4.85. The van der Waals surface area contributed by atoms with E-state index in [9.17, 15) is 28.4 Å². The van der Waals surface area contributed by atoms with Crippen LogP contribution in [0.1, 0.15) is 30.7 Å². The summed E-state index contributed by atoms with van der Waals surface area (Å²) in [4.78, 5) is 12.2. The summed E-state index contributed by atoms with van der Waals surface area (Å²) in [6.07, 6.45) is -4.80. The molecular formula is C12H15F3N2O3S. The Kier molecular flexibility index (Phi) is 4.43. The fourth-order valence-corrected chi connectivity index (χ4v) is 3.48. The first kappa shape index (κ1) is 16.0. The zero-order valence-corrected chi connectivity index (χ0v) is 12.1. The molecular weight excluding hydrogens is 309 g/mol. The number of nitrogens with zero attached hydrogens (tertiary/aromatic N) is 2. The second kappa shape index (κ2) is 5.80. The summed E-state index contributed by atoms with van der Waals surface area (Å²) < 4.78 is 38.5. The number of aliphatic hydroxyl groups is 1. The molecule has 1 aromatic rings. The molecule has 5 nitrogen and oxygen atoms in total. The van der Waals surface area contributed by atoms with Gasteiger partial charge in [0.2, 0.25) is 0 Å². The smallest absolute Gasteiger partial charge is 0.388 e. The van der Waals surface area contributed by atoms with E-state index in [0.717, 1.165) is 11.3 Å². The SMILES string of the molecule is C[C@H](O)c1cc([N+](=O)[O-])c(N2CCCC(C(F)(F)F)C2)s1. The maximum Gasteiger partial charge on any atom is 0.393 e. The van der Waals surface area contributed by atoms with Crippen LogP contribution in [-0.4, -0.2) is 29.3 Å². The minimum atomic E-state index is -4.29. The molecule has 118 valence electrons. The number of nitro groups is 1. The maximum atomic E-state index is 12.8. The van der Waals surface area contributed by atoms with Crippen LogP contribution in [0.2, 0.25) is 0 Å². The minimum absolute atomic E-state index is 0.0441. The van der Waals surface area contributed by atoms with E-state index in [-0.39, 0.29) is 23.7 Å². The van der Waals surface area contributed by atoms with Crippen molar-refractivity contribution in [2.45, 2.75) is 32.0 Å². The number of halogens is 3. The first-order valence-corrected chi connectivity index (χ1v) is 7.29. The number of hydrogen-bond donors (Lipinski definition) is 1. The molecule has 0 radical (unpaired) electrons. The van der Waals surface area contributed by atoms with Crippen LogP contribution in [0, 0.1) is 16.0 Å². The molecule has 1 aliphatic rings. The van der Waals surface area contributed by atoms with Gasteiger partial charge in [0.25, 0.3) is 0 Å². The number of alkyl halides is 3. The van der Waals surface area contributed by atoms with Crippen LogP contribution in [0.15, 0.2) is 6.07 Å². The van der Waals surface area contributed by atoms with E-state index in [1.165, 1.54) is 17.9 Å². The first-order chi connectivity index (χ1) is 9.70. The van der Waals surface area contributed by atoms with E-state index in [1.807, 2.05) is 0 Å². The highest BCUT2D eigenvalue weighted by Gasteiger charge is 2.43. The highest BCUT2D eigenvalue weighted by molar-refractivity contribution is 7.16. The summed E-state index contributed by atoms with van der Waals surface area (Å²) in [5.41, 5.74) is -0.237. The molecule has 1 fully saturated rings. The van der Waals surface area contributed by atoms with Crippen LogP contribution >= 0.6 is 11.3 Å². The van der Waals surface area contributed by atoms with Crippen LogP contribution in [-0.2, 0) is 0 Å². The van der Waals surface area contributed by atoms with Gasteiger partial charge >= 0.3 is 11.9 Å². The van der Waals surface area contributed by atoms with Gasteiger partial charge in [-0.2, -0.15) is 13.2 Å². The molecule has 9 heteroatoms. The lowest BCUT2D eigenvalue weighted by atomic mass is 9.98. The molecule has 0 bridgehead atoms. The molecule has 0 aromatic carbocycles. The Balaban J connectivity index is 2.30. The first-order valence-electron chi connectivity index (χ1n) is 6.48. The summed E-state index contributed by atoms with van der Waals surface area (Å²) in [5, 5.41) is 20.8. The largest absolute Gasteiger partial charge is 0.393 e. The molecule has 2 rings (SSSR count). The molecule has 21 heavy (non-hydrogen) atoms. The van der Waals surface area contributed by atoms with Gasteiger partial charge in [0.1, 0.15) is 0 Å². The van der Waals surface area contributed by atoms with Gasteiger partial charge in [-0.15, -0.1) is 11.3 Å². The zero-order valence-electron chi connectivity index (χ0n) is 11.3. The highest BCUT2D eigenvalue weighted by Crippen LogP contribution is 2.43. The normalized spacial score (nSPS) is 21.4. The summed E-state index contributed by atoms with van der Waals surface area (Å²) in [6.45, 7) is 1.55. The second-order valence-electron chi connectivity index (χ2n) is 5.10. The molecule has 0 spiro atoms. The van der Waals surface area contributed by atoms with Crippen molar-refractivity contribution in [2.75, 3.05) is 18.0 Å². The number of hydrogen-bond acceptors (Lipinski definition) is 5. The van der Waals surface area contributed by atoms with E-state index in [2.05, 4.69) is 0 Å². The van der Waals surface area contributed by atoms with E-state index < -0.39 is 23.1 Å². The Morgan fingerprint density at radius 3 is 2.76 bits per heavy atom. The minimum Gasteiger partial charge on any atom is -0.388 e. The summed E-state index contributed by atoms with van der Waals surface area (Å²) in [7, 11) is 0.